The Hall–Kier alpha value is -1.55. The Balaban J connectivity index is 1.43. The minimum absolute atomic E-state index is 0.117. The van der Waals surface area contributed by atoms with Crippen molar-refractivity contribution in [1.29, 1.82) is 0 Å². The third kappa shape index (κ3) is 5.73. The van der Waals surface area contributed by atoms with Gasteiger partial charge < -0.3 is 5.32 Å². The summed E-state index contributed by atoms with van der Waals surface area (Å²) in [7, 11) is -3.40. The van der Waals surface area contributed by atoms with Crippen LogP contribution in [0, 0.1) is 5.82 Å². The van der Waals surface area contributed by atoms with Crippen LogP contribution in [-0.2, 0) is 21.5 Å². The summed E-state index contributed by atoms with van der Waals surface area (Å²) in [5, 5.41) is 2.82. The van der Waals surface area contributed by atoms with Crippen LogP contribution in [0.15, 0.2) is 24.3 Å². The van der Waals surface area contributed by atoms with Crippen molar-refractivity contribution < 1.29 is 17.6 Å². The minimum Gasteiger partial charge on any atom is -0.351 e. The Morgan fingerprint density at radius 3 is 2.07 bits per heavy atom. The summed E-state index contributed by atoms with van der Waals surface area (Å²) >= 11 is 0. The van der Waals surface area contributed by atoms with E-state index in [0.717, 1.165) is 31.2 Å². The fourth-order valence-electron chi connectivity index (χ4n) is 3.62. The number of rotatable bonds is 6. The molecule has 0 spiro atoms. The number of carbonyl (C=O) groups excluding carboxylic acids is 1. The van der Waals surface area contributed by atoms with E-state index in [-0.39, 0.29) is 18.3 Å². The maximum atomic E-state index is 12.9. The van der Waals surface area contributed by atoms with Gasteiger partial charge in [-0.3, -0.25) is 9.69 Å². The third-order valence-electron chi connectivity index (χ3n) is 5.32. The third-order valence-corrected chi connectivity index (χ3v) is 7.35. The number of hydrogen-bond acceptors (Lipinski definition) is 4. The van der Waals surface area contributed by atoms with E-state index in [0.29, 0.717) is 45.8 Å². The standard InChI is InChI=1S/C19H29FN4O3S/c20-18-7-5-17(6-8-18)15-21-19(25)16-22-11-13-24(14-12-22)28(26,27)23-9-3-1-2-4-10-23/h5-8H,1-4,9-16H2,(H,21,25). The first-order valence-corrected chi connectivity index (χ1v) is 11.3. The quantitative estimate of drug-likeness (QED) is 0.762. The van der Waals surface area contributed by atoms with Gasteiger partial charge in [0.2, 0.25) is 5.91 Å². The molecule has 1 amide bonds. The number of amides is 1. The summed E-state index contributed by atoms with van der Waals surface area (Å²) in [4.78, 5) is 14.1. The van der Waals surface area contributed by atoms with Gasteiger partial charge >= 0.3 is 0 Å². The molecular weight excluding hydrogens is 383 g/mol. The maximum Gasteiger partial charge on any atom is 0.282 e. The molecule has 1 N–H and O–H groups in total. The molecule has 0 atom stereocenters. The molecule has 2 aliphatic heterocycles. The highest BCUT2D eigenvalue weighted by atomic mass is 32.2. The first-order valence-electron chi connectivity index (χ1n) is 9.94. The van der Waals surface area contributed by atoms with Crippen molar-refractivity contribution in [3.05, 3.63) is 35.6 Å². The van der Waals surface area contributed by atoms with E-state index in [1.54, 1.807) is 20.7 Å². The lowest BCUT2D eigenvalue weighted by Gasteiger charge is -2.36. The minimum atomic E-state index is -3.40. The van der Waals surface area contributed by atoms with Crippen molar-refractivity contribution >= 4 is 16.1 Å². The summed E-state index contributed by atoms with van der Waals surface area (Å²) in [6.07, 6.45) is 4.03. The SMILES string of the molecule is O=C(CN1CCN(S(=O)(=O)N2CCCCCC2)CC1)NCc1ccc(F)cc1. The summed E-state index contributed by atoms with van der Waals surface area (Å²) in [5.41, 5.74) is 0.836. The molecule has 2 aliphatic rings. The van der Waals surface area contributed by atoms with E-state index in [9.17, 15) is 17.6 Å². The second kappa shape index (κ2) is 9.78. The Labute approximate surface area is 166 Å². The smallest absolute Gasteiger partial charge is 0.282 e. The highest BCUT2D eigenvalue weighted by molar-refractivity contribution is 7.86. The largest absolute Gasteiger partial charge is 0.351 e. The molecule has 2 saturated heterocycles. The summed E-state index contributed by atoms with van der Waals surface area (Å²) in [5.74, 6) is -0.420. The van der Waals surface area contributed by atoms with Crippen LogP contribution in [0.25, 0.3) is 0 Å². The van der Waals surface area contributed by atoms with Crippen LogP contribution in [0.4, 0.5) is 4.39 Å². The lowest BCUT2D eigenvalue weighted by atomic mass is 10.2. The molecule has 2 fully saturated rings. The molecule has 0 unspecified atom stereocenters. The molecule has 1 aromatic carbocycles. The zero-order valence-electron chi connectivity index (χ0n) is 16.1. The fraction of sp³-hybridized carbons (Fsp3) is 0.632. The van der Waals surface area contributed by atoms with Gasteiger partial charge in [0.1, 0.15) is 5.82 Å². The molecular formula is C19H29FN4O3S. The van der Waals surface area contributed by atoms with Crippen molar-refractivity contribution in [1.82, 2.24) is 18.8 Å². The first kappa shape index (κ1) is 21.2. The van der Waals surface area contributed by atoms with Gasteiger partial charge in [0.25, 0.3) is 10.2 Å². The second-order valence-corrected chi connectivity index (χ2v) is 9.33. The zero-order chi connectivity index (χ0) is 20.0. The summed E-state index contributed by atoms with van der Waals surface area (Å²) in [6.45, 7) is 3.69. The number of nitrogens with one attached hydrogen (secondary N) is 1. The van der Waals surface area contributed by atoms with Gasteiger partial charge in [-0.25, -0.2) is 4.39 Å². The van der Waals surface area contributed by atoms with Gasteiger partial charge in [-0.15, -0.1) is 0 Å². The number of benzene rings is 1. The van der Waals surface area contributed by atoms with Crippen molar-refractivity contribution in [3.8, 4) is 0 Å². The Bertz CT molecular complexity index is 741. The van der Waals surface area contributed by atoms with E-state index < -0.39 is 10.2 Å². The molecule has 0 bridgehead atoms. The van der Waals surface area contributed by atoms with E-state index >= 15 is 0 Å². The van der Waals surface area contributed by atoms with Crippen LogP contribution >= 0.6 is 0 Å². The highest BCUT2D eigenvalue weighted by Crippen LogP contribution is 2.17. The average Bonchev–Trinajstić information content (AvgIpc) is 2.98. The van der Waals surface area contributed by atoms with Crippen LogP contribution in [0.3, 0.4) is 0 Å². The van der Waals surface area contributed by atoms with Gasteiger partial charge in [-0.05, 0) is 30.5 Å². The van der Waals surface area contributed by atoms with Gasteiger partial charge in [-0.2, -0.15) is 17.0 Å². The van der Waals surface area contributed by atoms with E-state index in [1.165, 1.54) is 12.1 Å². The lowest BCUT2D eigenvalue weighted by Crippen LogP contribution is -2.54. The Morgan fingerprint density at radius 2 is 1.46 bits per heavy atom. The molecule has 28 heavy (non-hydrogen) atoms. The number of piperazine rings is 1. The molecule has 3 rings (SSSR count). The molecule has 0 aliphatic carbocycles. The lowest BCUT2D eigenvalue weighted by molar-refractivity contribution is -0.122. The van der Waals surface area contributed by atoms with Gasteiger partial charge in [-0.1, -0.05) is 25.0 Å². The van der Waals surface area contributed by atoms with E-state index in [1.807, 2.05) is 4.90 Å². The molecule has 1 aromatic rings. The predicted molar refractivity (Wildman–Crippen MR) is 105 cm³/mol. The topological polar surface area (TPSA) is 73.0 Å². The summed E-state index contributed by atoms with van der Waals surface area (Å²) in [6, 6.07) is 6.01. The second-order valence-electron chi connectivity index (χ2n) is 7.40. The molecule has 2 heterocycles. The highest BCUT2D eigenvalue weighted by Gasteiger charge is 2.32. The number of hydrogen-bond donors (Lipinski definition) is 1. The van der Waals surface area contributed by atoms with Gasteiger partial charge in [0.05, 0.1) is 6.54 Å². The number of carbonyl (C=O) groups is 1. The molecule has 0 radical (unpaired) electrons. The van der Waals surface area contributed by atoms with Gasteiger partial charge in [0.15, 0.2) is 0 Å². The molecule has 156 valence electrons. The van der Waals surface area contributed by atoms with Crippen LogP contribution in [-0.4, -0.2) is 73.6 Å². The predicted octanol–water partition coefficient (Wildman–Crippen LogP) is 1.18. The van der Waals surface area contributed by atoms with E-state index in [2.05, 4.69) is 5.32 Å². The van der Waals surface area contributed by atoms with Crippen molar-refractivity contribution in [2.45, 2.75) is 32.2 Å². The molecule has 9 heteroatoms. The average molecular weight is 413 g/mol. The molecule has 0 saturated carbocycles. The maximum absolute atomic E-state index is 12.9. The normalized spacial score (nSPS) is 20.6. The van der Waals surface area contributed by atoms with Crippen LogP contribution in [0.5, 0.6) is 0 Å². The van der Waals surface area contributed by atoms with Crippen molar-refractivity contribution in [2.24, 2.45) is 0 Å². The monoisotopic (exact) mass is 412 g/mol. The number of nitrogens with zero attached hydrogens (tertiary/aromatic N) is 3. The van der Waals surface area contributed by atoms with Crippen molar-refractivity contribution in [2.75, 3.05) is 45.8 Å². The van der Waals surface area contributed by atoms with Crippen LogP contribution < -0.4 is 5.32 Å². The molecule has 7 nitrogen and oxygen atoms in total. The zero-order valence-corrected chi connectivity index (χ0v) is 17.0. The fourth-order valence-corrected chi connectivity index (χ4v) is 5.29. The molecule has 0 aromatic heterocycles. The Morgan fingerprint density at radius 1 is 0.893 bits per heavy atom. The summed E-state index contributed by atoms with van der Waals surface area (Å²) < 4.78 is 41.7. The van der Waals surface area contributed by atoms with E-state index in [4.69, 9.17) is 0 Å². The van der Waals surface area contributed by atoms with Crippen LogP contribution in [0.2, 0.25) is 0 Å². The number of halogens is 1. The van der Waals surface area contributed by atoms with Crippen LogP contribution in [0.1, 0.15) is 31.2 Å². The Kier molecular flexibility index (Phi) is 7.39. The van der Waals surface area contributed by atoms with Gasteiger partial charge in [0, 0.05) is 45.8 Å². The van der Waals surface area contributed by atoms with Crippen molar-refractivity contribution in [3.63, 3.8) is 0 Å². The first-order chi connectivity index (χ1) is 13.4.